The molecule has 2 rings (SSSR count). The van der Waals surface area contributed by atoms with Gasteiger partial charge in [-0.3, -0.25) is 10.2 Å². The summed E-state index contributed by atoms with van der Waals surface area (Å²) in [5, 5.41) is 8.09. The van der Waals surface area contributed by atoms with Crippen molar-refractivity contribution in [3.8, 4) is 0 Å². The van der Waals surface area contributed by atoms with E-state index >= 15 is 0 Å². The zero-order chi connectivity index (χ0) is 9.15. The highest BCUT2D eigenvalue weighted by Crippen LogP contribution is 2.36. The van der Waals surface area contributed by atoms with Gasteiger partial charge in [0.15, 0.2) is 0 Å². The van der Waals surface area contributed by atoms with E-state index in [0.717, 1.165) is 13.1 Å². The fourth-order valence-corrected chi connectivity index (χ4v) is 4.37. The van der Waals surface area contributed by atoms with Crippen LogP contribution >= 0.6 is 6.34 Å². The highest BCUT2D eigenvalue weighted by Gasteiger charge is 2.20. The van der Waals surface area contributed by atoms with Gasteiger partial charge in [-0.2, -0.15) is 0 Å². The number of benzene rings is 1. The van der Waals surface area contributed by atoms with Gasteiger partial charge in [-0.15, -0.1) is 0 Å². The molecule has 1 fully saturated rings. The molecule has 2 N–H and O–H groups in total. The van der Waals surface area contributed by atoms with E-state index in [1.165, 1.54) is 11.7 Å². The molecule has 0 radical (unpaired) electrons. The largest absolute Gasteiger partial charge is 0.274 e. The van der Waals surface area contributed by atoms with E-state index in [0.29, 0.717) is 0 Å². The summed E-state index contributed by atoms with van der Waals surface area (Å²) in [6.07, 6.45) is -0.461. The molecule has 2 nitrogen and oxygen atoms in total. The van der Waals surface area contributed by atoms with Crippen LogP contribution in [0, 0.1) is 0 Å². The molecule has 4 heteroatoms. The van der Waals surface area contributed by atoms with E-state index in [4.69, 9.17) is 11.8 Å². The van der Waals surface area contributed by atoms with Crippen molar-refractivity contribution < 1.29 is 0 Å². The van der Waals surface area contributed by atoms with Crippen LogP contribution in [0.25, 0.3) is 0 Å². The van der Waals surface area contributed by atoms with E-state index in [-0.39, 0.29) is 0 Å². The van der Waals surface area contributed by atoms with Gasteiger partial charge >= 0.3 is 0 Å². The standard InChI is InChI=1S/C9H13N2PS/c13-12(10-7-4-8-11-12)9-5-2-1-3-6-9/h1-3,5-6H,4,7-8H2,(H2,10,11,13). The molecule has 1 aliphatic heterocycles. The van der Waals surface area contributed by atoms with Crippen molar-refractivity contribution in [1.82, 2.24) is 10.2 Å². The van der Waals surface area contributed by atoms with Crippen molar-refractivity contribution in [2.24, 2.45) is 0 Å². The molecule has 0 atom stereocenters. The van der Waals surface area contributed by atoms with Gasteiger partial charge in [-0.25, -0.2) is 0 Å². The molecular weight excluding hydrogens is 199 g/mol. The maximum absolute atomic E-state index is 5.61. The van der Waals surface area contributed by atoms with Crippen molar-refractivity contribution >= 4 is 23.5 Å². The minimum atomic E-state index is -1.63. The zero-order valence-electron chi connectivity index (χ0n) is 7.36. The molecule has 0 spiro atoms. The monoisotopic (exact) mass is 212 g/mol. The highest BCUT2D eigenvalue weighted by atomic mass is 32.4. The minimum Gasteiger partial charge on any atom is -0.274 e. The summed E-state index contributed by atoms with van der Waals surface area (Å²) in [6, 6.07) is 10.3. The first kappa shape index (κ1) is 9.35. The molecule has 0 aromatic heterocycles. The van der Waals surface area contributed by atoms with Gasteiger partial charge < -0.3 is 0 Å². The molecular formula is C9H13N2PS. The molecule has 13 heavy (non-hydrogen) atoms. The fourth-order valence-electron chi connectivity index (χ4n) is 1.44. The number of rotatable bonds is 1. The summed E-state index contributed by atoms with van der Waals surface area (Å²) in [5.41, 5.74) is 0. The van der Waals surface area contributed by atoms with Crippen molar-refractivity contribution in [2.75, 3.05) is 13.1 Å². The topological polar surface area (TPSA) is 24.1 Å². The van der Waals surface area contributed by atoms with Crippen LogP contribution in [-0.4, -0.2) is 13.1 Å². The third kappa shape index (κ3) is 2.00. The van der Waals surface area contributed by atoms with Crippen LogP contribution in [0.5, 0.6) is 0 Å². The summed E-state index contributed by atoms with van der Waals surface area (Å²) in [6.45, 7) is 2.08. The van der Waals surface area contributed by atoms with E-state index in [2.05, 4.69) is 22.3 Å². The van der Waals surface area contributed by atoms with E-state index in [1.54, 1.807) is 0 Å². The summed E-state index contributed by atoms with van der Waals surface area (Å²) in [4.78, 5) is 0. The SMILES string of the molecule is S=P1(c2ccccc2)NCCCN1. The Balaban J connectivity index is 2.29. The molecule has 0 aliphatic carbocycles. The van der Waals surface area contributed by atoms with Crippen molar-refractivity contribution in [1.29, 1.82) is 0 Å². The lowest BCUT2D eigenvalue weighted by Gasteiger charge is -2.29. The zero-order valence-corrected chi connectivity index (χ0v) is 9.07. The quantitative estimate of drug-likeness (QED) is 0.684. The molecule has 70 valence electrons. The first-order valence-electron chi connectivity index (χ1n) is 4.47. The predicted molar refractivity (Wildman–Crippen MR) is 61.0 cm³/mol. The third-order valence-corrected chi connectivity index (χ3v) is 5.91. The second-order valence-electron chi connectivity index (χ2n) is 3.11. The molecule has 0 unspecified atom stereocenters. The Bertz CT molecular complexity index is 316. The van der Waals surface area contributed by atoms with Crippen molar-refractivity contribution in [3.63, 3.8) is 0 Å². The molecule has 1 heterocycles. The van der Waals surface area contributed by atoms with E-state index in [1.807, 2.05) is 18.2 Å². The fraction of sp³-hybridized carbons (Fsp3) is 0.333. The van der Waals surface area contributed by atoms with Crippen LogP contribution in [0.15, 0.2) is 30.3 Å². The van der Waals surface area contributed by atoms with Gasteiger partial charge in [0.25, 0.3) is 0 Å². The van der Waals surface area contributed by atoms with E-state index in [9.17, 15) is 0 Å². The molecule has 1 saturated heterocycles. The number of nitrogens with one attached hydrogen (secondary N) is 2. The summed E-state index contributed by atoms with van der Waals surface area (Å²) < 4.78 is 0. The molecule has 0 saturated carbocycles. The Morgan fingerprint density at radius 2 is 1.69 bits per heavy atom. The summed E-state index contributed by atoms with van der Waals surface area (Å²) >= 11 is 5.61. The van der Waals surface area contributed by atoms with Crippen LogP contribution in [0.1, 0.15) is 6.42 Å². The second-order valence-corrected chi connectivity index (χ2v) is 7.13. The van der Waals surface area contributed by atoms with E-state index < -0.39 is 6.34 Å². The normalized spacial score (nSPS) is 21.2. The van der Waals surface area contributed by atoms with Crippen LogP contribution in [0.4, 0.5) is 0 Å². The Kier molecular flexibility index (Phi) is 2.80. The lowest BCUT2D eigenvalue weighted by molar-refractivity contribution is 0.724. The predicted octanol–water partition coefficient (Wildman–Crippen LogP) is 1.20. The maximum atomic E-state index is 5.61. The molecule has 0 amide bonds. The number of hydrogen-bond acceptors (Lipinski definition) is 1. The van der Waals surface area contributed by atoms with Gasteiger partial charge in [-0.1, -0.05) is 42.1 Å². The summed E-state index contributed by atoms with van der Waals surface area (Å²) in [7, 11) is 0. The molecule has 1 aromatic carbocycles. The van der Waals surface area contributed by atoms with Crippen LogP contribution < -0.4 is 15.5 Å². The maximum Gasteiger partial charge on any atom is 0.101 e. The lowest BCUT2D eigenvalue weighted by Crippen LogP contribution is -2.36. The molecule has 1 aromatic rings. The third-order valence-electron chi connectivity index (χ3n) is 2.14. The first-order chi connectivity index (χ1) is 6.31. The summed E-state index contributed by atoms with van der Waals surface area (Å²) in [5.74, 6) is 0. The van der Waals surface area contributed by atoms with Crippen molar-refractivity contribution in [2.45, 2.75) is 6.42 Å². The Morgan fingerprint density at radius 1 is 1.08 bits per heavy atom. The lowest BCUT2D eigenvalue weighted by atomic mass is 10.4. The average molecular weight is 212 g/mol. The van der Waals surface area contributed by atoms with Gasteiger partial charge in [0.05, 0.1) is 0 Å². The molecule has 0 bridgehead atoms. The van der Waals surface area contributed by atoms with Gasteiger partial charge in [0.1, 0.15) is 6.34 Å². The Labute approximate surface area is 83.9 Å². The Hall–Kier alpha value is -0.210. The minimum absolute atomic E-state index is 1.04. The smallest absolute Gasteiger partial charge is 0.101 e. The first-order valence-corrected chi connectivity index (χ1v) is 7.27. The van der Waals surface area contributed by atoms with Gasteiger partial charge in [0.2, 0.25) is 0 Å². The van der Waals surface area contributed by atoms with Gasteiger partial charge in [0, 0.05) is 18.4 Å². The van der Waals surface area contributed by atoms with Crippen LogP contribution in [0.3, 0.4) is 0 Å². The average Bonchev–Trinajstić information content (AvgIpc) is 2.20. The van der Waals surface area contributed by atoms with Crippen molar-refractivity contribution in [3.05, 3.63) is 30.3 Å². The Morgan fingerprint density at radius 3 is 2.31 bits per heavy atom. The van der Waals surface area contributed by atoms with Gasteiger partial charge in [-0.05, 0) is 6.42 Å². The van der Waals surface area contributed by atoms with Crippen LogP contribution in [-0.2, 0) is 11.8 Å². The second kappa shape index (κ2) is 3.89. The van der Waals surface area contributed by atoms with Crippen LogP contribution in [0.2, 0.25) is 0 Å². The number of hydrogen-bond donors (Lipinski definition) is 2. The molecule has 1 aliphatic rings. The highest BCUT2D eigenvalue weighted by molar-refractivity contribution is 8.16.